The van der Waals surface area contributed by atoms with E-state index in [4.69, 9.17) is 0 Å². The summed E-state index contributed by atoms with van der Waals surface area (Å²) in [6, 6.07) is 0.846. The zero-order valence-corrected chi connectivity index (χ0v) is 11.9. The molecule has 18 heavy (non-hydrogen) atoms. The maximum Gasteiger partial charge on any atom is 0.0108 e. The minimum Gasteiger partial charge on any atom is -0.314 e. The van der Waals surface area contributed by atoms with Crippen molar-refractivity contribution in [1.82, 2.24) is 10.2 Å². The molecule has 2 unspecified atom stereocenters. The predicted molar refractivity (Wildman–Crippen MR) is 76.8 cm³/mol. The van der Waals surface area contributed by atoms with Crippen molar-refractivity contribution in [3.05, 3.63) is 0 Å². The van der Waals surface area contributed by atoms with Gasteiger partial charge in [0.1, 0.15) is 0 Å². The molecule has 3 aliphatic rings. The molecule has 3 fully saturated rings. The van der Waals surface area contributed by atoms with Gasteiger partial charge >= 0.3 is 0 Å². The molecule has 0 aromatic rings. The number of nitrogens with zero attached hydrogens (tertiary/aromatic N) is 1. The van der Waals surface area contributed by atoms with Crippen LogP contribution in [-0.2, 0) is 0 Å². The van der Waals surface area contributed by atoms with Crippen LogP contribution >= 0.6 is 0 Å². The molecule has 2 nitrogen and oxygen atoms in total. The molecule has 2 atom stereocenters. The van der Waals surface area contributed by atoms with Crippen molar-refractivity contribution in [1.29, 1.82) is 0 Å². The Kier molecular flexibility index (Phi) is 4.58. The van der Waals surface area contributed by atoms with Crippen LogP contribution in [0.4, 0.5) is 0 Å². The Morgan fingerprint density at radius 3 is 2.56 bits per heavy atom. The number of piperidine rings is 1. The summed E-state index contributed by atoms with van der Waals surface area (Å²) < 4.78 is 0. The highest BCUT2D eigenvalue weighted by Gasteiger charge is 2.29. The van der Waals surface area contributed by atoms with Crippen LogP contribution in [0.3, 0.4) is 0 Å². The summed E-state index contributed by atoms with van der Waals surface area (Å²) in [5, 5.41) is 3.72. The molecule has 0 radical (unpaired) electrons. The topological polar surface area (TPSA) is 15.3 Å². The lowest BCUT2D eigenvalue weighted by molar-refractivity contribution is 0.122. The van der Waals surface area contributed by atoms with Crippen LogP contribution in [0.15, 0.2) is 0 Å². The largest absolute Gasteiger partial charge is 0.314 e. The van der Waals surface area contributed by atoms with Crippen molar-refractivity contribution in [3.63, 3.8) is 0 Å². The van der Waals surface area contributed by atoms with Gasteiger partial charge in [0.25, 0.3) is 0 Å². The Morgan fingerprint density at radius 1 is 0.889 bits per heavy atom. The summed E-state index contributed by atoms with van der Waals surface area (Å²) in [7, 11) is 0. The smallest absolute Gasteiger partial charge is 0.0108 e. The highest BCUT2D eigenvalue weighted by molar-refractivity contribution is 4.87. The monoisotopic (exact) mass is 250 g/mol. The number of likely N-dealkylation sites (tertiary alicyclic amines) is 1. The second kappa shape index (κ2) is 6.38. The molecule has 2 aliphatic heterocycles. The van der Waals surface area contributed by atoms with Crippen molar-refractivity contribution >= 4 is 0 Å². The maximum absolute atomic E-state index is 3.72. The first kappa shape index (κ1) is 12.9. The Morgan fingerprint density at radius 2 is 1.78 bits per heavy atom. The quantitative estimate of drug-likeness (QED) is 0.828. The summed E-state index contributed by atoms with van der Waals surface area (Å²) in [6.07, 6.45) is 13.2. The molecular weight excluding hydrogens is 220 g/mol. The molecular formula is C16H30N2. The van der Waals surface area contributed by atoms with Crippen LogP contribution in [0.2, 0.25) is 0 Å². The van der Waals surface area contributed by atoms with E-state index in [9.17, 15) is 0 Å². The Hall–Kier alpha value is -0.0800. The fraction of sp³-hybridized carbons (Fsp3) is 1.00. The molecule has 2 heterocycles. The van der Waals surface area contributed by atoms with E-state index in [-0.39, 0.29) is 0 Å². The van der Waals surface area contributed by atoms with E-state index in [2.05, 4.69) is 10.2 Å². The van der Waals surface area contributed by atoms with Crippen LogP contribution in [0.5, 0.6) is 0 Å². The van der Waals surface area contributed by atoms with Gasteiger partial charge < -0.3 is 10.2 Å². The summed E-state index contributed by atoms with van der Waals surface area (Å²) in [4.78, 5) is 2.80. The summed E-state index contributed by atoms with van der Waals surface area (Å²) in [5.74, 6) is 1.97. The minimum atomic E-state index is 0.846. The molecule has 1 N–H and O–H groups in total. The standard InChI is InChI=1S/C16H30N2/c1-2-6-14(7-3-1)12-18-11-5-8-15(13-18)16-9-4-10-17-16/h14-17H,1-13H2. The van der Waals surface area contributed by atoms with Crippen LogP contribution in [0.1, 0.15) is 57.8 Å². The van der Waals surface area contributed by atoms with Crippen LogP contribution in [-0.4, -0.2) is 37.1 Å². The van der Waals surface area contributed by atoms with E-state index in [1.54, 1.807) is 0 Å². The van der Waals surface area contributed by atoms with Gasteiger partial charge in [-0.25, -0.2) is 0 Å². The van der Waals surface area contributed by atoms with Crippen LogP contribution in [0.25, 0.3) is 0 Å². The molecule has 1 aliphatic carbocycles. The molecule has 0 aromatic heterocycles. The van der Waals surface area contributed by atoms with Gasteiger partial charge in [0.2, 0.25) is 0 Å². The van der Waals surface area contributed by atoms with Gasteiger partial charge in [0.15, 0.2) is 0 Å². The van der Waals surface area contributed by atoms with E-state index >= 15 is 0 Å². The van der Waals surface area contributed by atoms with Crippen molar-refractivity contribution in [3.8, 4) is 0 Å². The third-order valence-corrected chi connectivity index (χ3v) is 5.45. The van der Waals surface area contributed by atoms with Crippen LogP contribution in [0, 0.1) is 11.8 Å². The van der Waals surface area contributed by atoms with Gasteiger partial charge in [0.05, 0.1) is 0 Å². The zero-order chi connectivity index (χ0) is 12.2. The number of rotatable bonds is 3. The highest BCUT2D eigenvalue weighted by Crippen LogP contribution is 2.28. The van der Waals surface area contributed by atoms with Crippen LogP contribution < -0.4 is 5.32 Å². The molecule has 0 spiro atoms. The third kappa shape index (κ3) is 3.27. The molecule has 2 heteroatoms. The van der Waals surface area contributed by atoms with Gasteiger partial charge in [-0.05, 0) is 63.5 Å². The Labute approximate surface area is 113 Å². The minimum absolute atomic E-state index is 0.846. The fourth-order valence-corrected chi connectivity index (χ4v) is 4.43. The van der Waals surface area contributed by atoms with Crippen molar-refractivity contribution in [2.75, 3.05) is 26.2 Å². The molecule has 0 amide bonds. The van der Waals surface area contributed by atoms with E-state index in [1.165, 1.54) is 84.0 Å². The average Bonchev–Trinajstić information content (AvgIpc) is 2.94. The number of nitrogens with one attached hydrogen (secondary N) is 1. The van der Waals surface area contributed by atoms with Gasteiger partial charge in [-0.3, -0.25) is 0 Å². The lowest BCUT2D eigenvalue weighted by Crippen LogP contribution is -2.45. The maximum atomic E-state index is 3.72. The second-order valence-electron chi connectivity index (χ2n) is 6.87. The number of hydrogen-bond acceptors (Lipinski definition) is 2. The van der Waals surface area contributed by atoms with E-state index in [0.717, 1.165) is 17.9 Å². The Bertz CT molecular complexity index is 241. The summed E-state index contributed by atoms with van der Waals surface area (Å²) >= 11 is 0. The van der Waals surface area contributed by atoms with Crippen molar-refractivity contribution in [2.24, 2.45) is 11.8 Å². The van der Waals surface area contributed by atoms with Gasteiger partial charge in [-0.2, -0.15) is 0 Å². The molecule has 2 saturated heterocycles. The third-order valence-electron chi connectivity index (χ3n) is 5.45. The lowest BCUT2D eigenvalue weighted by Gasteiger charge is -2.38. The number of hydrogen-bond donors (Lipinski definition) is 1. The van der Waals surface area contributed by atoms with Gasteiger partial charge in [0, 0.05) is 19.1 Å². The highest BCUT2D eigenvalue weighted by atomic mass is 15.1. The normalized spacial score (nSPS) is 36.0. The molecule has 104 valence electrons. The molecule has 1 saturated carbocycles. The van der Waals surface area contributed by atoms with Crippen molar-refractivity contribution < 1.29 is 0 Å². The molecule has 3 rings (SSSR count). The van der Waals surface area contributed by atoms with Crippen molar-refractivity contribution in [2.45, 2.75) is 63.8 Å². The molecule has 0 aromatic carbocycles. The van der Waals surface area contributed by atoms with E-state index in [0.29, 0.717) is 0 Å². The first-order valence-corrected chi connectivity index (χ1v) is 8.37. The van der Waals surface area contributed by atoms with E-state index in [1.807, 2.05) is 0 Å². The lowest BCUT2D eigenvalue weighted by atomic mass is 9.86. The fourth-order valence-electron chi connectivity index (χ4n) is 4.43. The summed E-state index contributed by atoms with van der Waals surface area (Å²) in [6.45, 7) is 5.43. The zero-order valence-electron chi connectivity index (χ0n) is 11.9. The average molecular weight is 250 g/mol. The first-order chi connectivity index (χ1) is 8.92. The first-order valence-electron chi connectivity index (χ1n) is 8.37. The second-order valence-corrected chi connectivity index (χ2v) is 6.87. The molecule has 0 bridgehead atoms. The van der Waals surface area contributed by atoms with Gasteiger partial charge in [-0.1, -0.05) is 19.3 Å². The van der Waals surface area contributed by atoms with Gasteiger partial charge in [-0.15, -0.1) is 0 Å². The summed E-state index contributed by atoms with van der Waals surface area (Å²) in [5.41, 5.74) is 0. The Balaban J connectivity index is 1.47. The SMILES string of the molecule is C1CCC(CN2CCCC(C3CCCN3)C2)CC1. The predicted octanol–water partition coefficient (Wildman–Crippen LogP) is 3.03. The van der Waals surface area contributed by atoms with E-state index < -0.39 is 0 Å².